The number of sulfonamides is 1. The van der Waals surface area contributed by atoms with E-state index in [9.17, 15) is 13.2 Å². The number of amides is 1. The minimum absolute atomic E-state index is 0.164. The number of halogens is 1. The van der Waals surface area contributed by atoms with Crippen LogP contribution in [0.1, 0.15) is 11.1 Å². The molecular weight excluding hydrogens is 406 g/mol. The fourth-order valence-electron chi connectivity index (χ4n) is 2.47. The van der Waals surface area contributed by atoms with Crippen LogP contribution in [0.4, 0.5) is 5.69 Å². The lowest BCUT2D eigenvalue weighted by molar-refractivity contribution is -0.119. The first-order valence-electron chi connectivity index (χ1n) is 8.19. The highest BCUT2D eigenvalue weighted by Gasteiger charge is 2.21. The molecule has 0 saturated carbocycles. The molecule has 2 aromatic rings. The molecular formula is C18H18ClN3O5S. The third-order valence-electron chi connectivity index (χ3n) is 3.93. The predicted octanol–water partition coefficient (Wildman–Crippen LogP) is 2.29. The highest BCUT2D eigenvalue weighted by atomic mass is 35.5. The average molecular weight is 424 g/mol. The molecule has 1 aliphatic heterocycles. The van der Waals surface area contributed by atoms with Crippen LogP contribution in [0, 0.1) is 6.92 Å². The summed E-state index contributed by atoms with van der Waals surface area (Å²) in [5.74, 6) is 0.635. The van der Waals surface area contributed by atoms with Crippen molar-refractivity contribution in [1.82, 2.24) is 5.43 Å². The summed E-state index contributed by atoms with van der Waals surface area (Å²) in [5.41, 5.74) is 4.11. The van der Waals surface area contributed by atoms with Gasteiger partial charge in [-0.15, -0.1) is 0 Å². The first-order valence-corrected chi connectivity index (χ1v) is 10.4. The molecule has 0 unspecified atom stereocenters. The van der Waals surface area contributed by atoms with E-state index in [2.05, 4.69) is 10.5 Å². The first kappa shape index (κ1) is 20.0. The smallest absolute Gasteiger partial charge is 0.260 e. The molecule has 10 heteroatoms. The lowest BCUT2D eigenvalue weighted by Gasteiger charge is -2.21. The Morgan fingerprint density at radius 2 is 2.00 bits per heavy atom. The molecule has 1 N–H and O–H groups in total. The fraction of sp³-hybridized carbons (Fsp3) is 0.222. The van der Waals surface area contributed by atoms with Gasteiger partial charge in [0.05, 0.1) is 18.2 Å². The molecule has 1 amide bonds. The summed E-state index contributed by atoms with van der Waals surface area (Å²) in [6.07, 6.45) is 2.44. The van der Waals surface area contributed by atoms with Gasteiger partial charge in [-0.05, 0) is 48.4 Å². The maximum absolute atomic E-state index is 12.2. The van der Waals surface area contributed by atoms with Crippen LogP contribution < -0.4 is 19.2 Å². The summed E-state index contributed by atoms with van der Waals surface area (Å²) in [6.45, 7) is 1.53. The van der Waals surface area contributed by atoms with E-state index in [1.54, 1.807) is 37.3 Å². The quantitative estimate of drug-likeness (QED) is 0.568. The number of aryl methyl sites for hydroxylation is 1. The zero-order valence-corrected chi connectivity index (χ0v) is 16.7. The van der Waals surface area contributed by atoms with Gasteiger partial charge in [-0.3, -0.25) is 9.10 Å². The molecule has 1 aliphatic rings. The summed E-state index contributed by atoms with van der Waals surface area (Å²) in [7, 11) is -3.70. The molecule has 1 heterocycles. The van der Waals surface area contributed by atoms with Gasteiger partial charge in [-0.25, -0.2) is 13.8 Å². The normalized spacial score (nSPS) is 13.0. The largest absolute Gasteiger partial charge is 0.454 e. The van der Waals surface area contributed by atoms with Gasteiger partial charge in [0.2, 0.25) is 16.8 Å². The number of hydrogen-bond donors (Lipinski definition) is 1. The van der Waals surface area contributed by atoms with Crippen LogP contribution in [0.3, 0.4) is 0 Å². The van der Waals surface area contributed by atoms with Crippen molar-refractivity contribution in [3.63, 3.8) is 0 Å². The molecule has 148 valence electrons. The monoisotopic (exact) mass is 423 g/mol. The van der Waals surface area contributed by atoms with Gasteiger partial charge in [0.1, 0.15) is 6.54 Å². The summed E-state index contributed by atoms with van der Waals surface area (Å²) in [4.78, 5) is 12.2. The third kappa shape index (κ3) is 4.73. The van der Waals surface area contributed by atoms with Crippen molar-refractivity contribution in [2.75, 3.05) is 23.9 Å². The number of benzene rings is 2. The van der Waals surface area contributed by atoms with Crippen molar-refractivity contribution < 1.29 is 22.7 Å². The molecule has 2 aromatic carbocycles. The first-order chi connectivity index (χ1) is 13.2. The standard InChI is InChI=1S/C18H18ClN3O5S/c1-12-3-5-14(8-15(12)19)22(28(2,24)25)10-18(23)21-20-9-13-4-6-16-17(7-13)27-11-26-16/h3-9H,10-11H2,1-2H3,(H,21,23)/b20-9-. The second-order valence-corrected chi connectivity index (χ2v) is 8.42. The molecule has 0 atom stereocenters. The summed E-state index contributed by atoms with van der Waals surface area (Å²) >= 11 is 6.07. The topological polar surface area (TPSA) is 97.3 Å². The van der Waals surface area contributed by atoms with Crippen molar-refractivity contribution in [2.45, 2.75) is 6.92 Å². The number of fused-ring (bicyclic) bond motifs is 1. The Hall–Kier alpha value is -2.78. The zero-order chi connectivity index (χ0) is 20.3. The van der Waals surface area contributed by atoms with Gasteiger partial charge in [0, 0.05) is 5.02 Å². The predicted molar refractivity (Wildman–Crippen MR) is 107 cm³/mol. The Kier molecular flexibility index (Phi) is 5.76. The lowest BCUT2D eigenvalue weighted by atomic mass is 10.2. The van der Waals surface area contributed by atoms with Gasteiger partial charge in [0.25, 0.3) is 5.91 Å². The SMILES string of the molecule is Cc1ccc(N(CC(=O)N/N=C\c2ccc3c(c2)OCO3)S(C)(=O)=O)cc1Cl. The van der Waals surface area contributed by atoms with Crippen LogP contribution in [0.25, 0.3) is 0 Å². The van der Waals surface area contributed by atoms with E-state index in [1.807, 2.05) is 0 Å². The van der Waals surface area contributed by atoms with E-state index >= 15 is 0 Å². The van der Waals surface area contributed by atoms with Gasteiger partial charge in [-0.1, -0.05) is 17.7 Å². The number of carbonyl (C=O) groups excluding carboxylic acids is 1. The van der Waals surface area contributed by atoms with Gasteiger partial charge >= 0.3 is 0 Å². The Morgan fingerprint density at radius 3 is 2.71 bits per heavy atom. The molecule has 0 aromatic heterocycles. The molecule has 0 radical (unpaired) electrons. The second kappa shape index (κ2) is 8.07. The Bertz CT molecular complexity index is 1040. The molecule has 3 rings (SSSR count). The van der Waals surface area contributed by atoms with Gasteiger partial charge < -0.3 is 9.47 Å². The fourth-order valence-corrected chi connectivity index (χ4v) is 3.50. The van der Waals surface area contributed by atoms with Crippen molar-refractivity contribution in [3.05, 3.63) is 52.5 Å². The summed E-state index contributed by atoms with van der Waals surface area (Å²) in [6, 6.07) is 9.98. The minimum atomic E-state index is -3.70. The minimum Gasteiger partial charge on any atom is -0.454 e. The zero-order valence-electron chi connectivity index (χ0n) is 15.2. The van der Waals surface area contributed by atoms with Gasteiger partial charge in [0.15, 0.2) is 11.5 Å². The lowest BCUT2D eigenvalue weighted by Crippen LogP contribution is -2.39. The van der Waals surface area contributed by atoms with E-state index < -0.39 is 22.5 Å². The maximum atomic E-state index is 12.2. The number of ether oxygens (including phenoxy) is 2. The number of nitrogens with zero attached hydrogens (tertiary/aromatic N) is 2. The van der Waals surface area contributed by atoms with Crippen LogP contribution in [0.5, 0.6) is 11.5 Å². The van der Waals surface area contributed by atoms with Crippen LogP contribution in [-0.2, 0) is 14.8 Å². The molecule has 8 nitrogen and oxygen atoms in total. The molecule has 0 spiro atoms. The third-order valence-corrected chi connectivity index (χ3v) is 5.48. The van der Waals surface area contributed by atoms with Crippen LogP contribution >= 0.6 is 11.6 Å². The summed E-state index contributed by atoms with van der Waals surface area (Å²) in [5, 5.41) is 4.27. The number of carbonyl (C=O) groups is 1. The van der Waals surface area contributed by atoms with Crippen LogP contribution in [-0.4, -0.2) is 40.1 Å². The van der Waals surface area contributed by atoms with Crippen molar-refractivity contribution in [3.8, 4) is 11.5 Å². The van der Waals surface area contributed by atoms with E-state index in [-0.39, 0.29) is 6.79 Å². The number of hydrogen-bond acceptors (Lipinski definition) is 6. The average Bonchev–Trinajstić information content (AvgIpc) is 3.09. The number of nitrogens with one attached hydrogen (secondary N) is 1. The molecule has 0 aliphatic carbocycles. The Balaban J connectivity index is 1.68. The highest BCUT2D eigenvalue weighted by molar-refractivity contribution is 7.92. The second-order valence-electron chi connectivity index (χ2n) is 6.11. The Labute approximate surface area is 167 Å². The van der Waals surface area contributed by atoms with Crippen molar-refractivity contribution in [1.29, 1.82) is 0 Å². The Morgan fingerprint density at radius 1 is 1.25 bits per heavy atom. The summed E-state index contributed by atoms with van der Waals surface area (Å²) < 4.78 is 35.7. The van der Waals surface area contributed by atoms with Crippen molar-refractivity contribution in [2.24, 2.45) is 5.10 Å². The number of hydrazone groups is 1. The van der Waals surface area contributed by atoms with Crippen LogP contribution in [0.15, 0.2) is 41.5 Å². The van der Waals surface area contributed by atoms with Crippen LogP contribution in [0.2, 0.25) is 5.02 Å². The molecule has 0 bridgehead atoms. The van der Waals surface area contributed by atoms with Gasteiger partial charge in [-0.2, -0.15) is 5.10 Å². The van der Waals surface area contributed by atoms with E-state index in [4.69, 9.17) is 21.1 Å². The molecule has 28 heavy (non-hydrogen) atoms. The number of anilines is 1. The molecule has 0 fully saturated rings. The maximum Gasteiger partial charge on any atom is 0.260 e. The molecule has 0 saturated heterocycles. The highest BCUT2D eigenvalue weighted by Crippen LogP contribution is 2.32. The number of rotatable bonds is 6. The van der Waals surface area contributed by atoms with E-state index in [0.29, 0.717) is 27.8 Å². The van der Waals surface area contributed by atoms with E-state index in [0.717, 1.165) is 16.1 Å². The van der Waals surface area contributed by atoms with E-state index in [1.165, 1.54) is 12.3 Å². The van der Waals surface area contributed by atoms with Crippen molar-refractivity contribution >= 4 is 39.4 Å².